The van der Waals surface area contributed by atoms with Crippen LogP contribution >= 0.6 is 0 Å². The van der Waals surface area contributed by atoms with E-state index in [9.17, 15) is 30.4 Å². The van der Waals surface area contributed by atoms with Crippen molar-refractivity contribution in [3.63, 3.8) is 0 Å². The van der Waals surface area contributed by atoms with Crippen molar-refractivity contribution < 1.29 is 43.9 Å². The molecule has 0 amide bonds. The first kappa shape index (κ1) is 14.7. The van der Waals surface area contributed by atoms with Crippen molar-refractivity contribution in [2.24, 2.45) is 11.3 Å². The number of hydrogen-bond donors (Lipinski definition) is 1. The predicted octanol–water partition coefficient (Wildman–Crippen LogP) is -0.340. The molecule has 0 aromatic carbocycles. The molecule has 8 nitrogen and oxygen atoms in total. The Bertz CT molecular complexity index is 805. The van der Waals surface area contributed by atoms with Crippen LogP contribution in [0.4, 0.5) is 8.78 Å². The molecule has 5 unspecified atom stereocenters. The Kier molecular flexibility index (Phi) is 2.32. The van der Waals surface area contributed by atoms with Crippen molar-refractivity contribution in [2.75, 3.05) is 0 Å². The maximum atomic E-state index is 13.3. The summed E-state index contributed by atoms with van der Waals surface area (Å²) in [6.45, 7) is 0. The van der Waals surface area contributed by atoms with E-state index in [1.807, 2.05) is 0 Å². The number of rotatable bonds is 3. The van der Waals surface area contributed by atoms with Gasteiger partial charge in [0.05, 0.1) is 10.7 Å². The quantitative estimate of drug-likeness (QED) is 0.412. The highest BCUT2D eigenvalue weighted by atomic mass is 32.2. The van der Waals surface area contributed by atoms with Gasteiger partial charge in [-0.15, -0.1) is 0 Å². The van der Waals surface area contributed by atoms with Crippen molar-refractivity contribution in [1.82, 2.24) is 0 Å². The van der Waals surface area contributed by atoms with Crippen molar-refractivity contribution in [1.29, 1.82) is 0 Å². The van der Waals surface area contributed by atoms with Gasteiger partial charge >= 0.3 is 21.3 Å². The van der Waals surface area contributed by atoms with E-state index in [1.165, 1.54) is 0 Å². The van der Waals surface area contributed by atoms with Crippen molar-refractivity contribution in [3.05, 3.63) is 0 Å². The number of esters is 1. The molecular weight excluding hydrogens is 350 g/mol. The zero-order chi connectivity index (χ0) is 16.3. The van der Waals surface area contributed by atoms with E-state index >= 15 is 0 Å². The highest BCUT2D eigenvalue weighted by molar-refractivity contribution is 7.88. The van der Waals surface area contributed by atoms with Gasteiger partial charge in [0.15, 0.2) is 5.60 Å². The fourth-order valence-electron chi connectivity index (χ4n) is 4.62. The van der Waals surface area contributed by atoms with Crippen LogP contribution in [-0.2, 0) is 34.0 Å². The van der Waals surface area contributed by atoms with Crippen molar-refractivity contribution in [3.8, 4) is 0 Å². The summed E-state index contributed by atoms with van der Waals surface area (Å²) in [6.07, 6.45) is -0.217. The first-order valence-corrected chi connectivity index (χ1v) is 9.30. The number of ether oxygens (including phenoxy) is 1. The molecule has 1 heterocycles. The van der Waals surface area contributed by atoms with Gasteiger partial charge in [-0.05, 0) is 25.2 Å². The molecule has 0 aromatic heterocycles. The first-order valence-electron chi connectivity index (χ1n) is 6.39. The minimum atomic E-state index is -5.97. The van der Waals surface area contributed by atoms with E-state index in [1.54, 1.807) is 0 Å². The van der Waals surface area contributed by atoms with Gasteiger partial charge in [-0.1, -0.05) is 0 Å². The fraction of sp³-hybridized carbons (Fsp3) is 0.900. The summed E-state index contributed by atoms with van der Waals surface area (Å²) in [5, 5.41) is -6.03. The summed E-state index contributed by atoms with van der Waals surface area (Å²) in [5.41, 5.74) is -2.58. The van der Waals surface area contributed by atoms with E-state index in [2.05, 4.69) is 0 Å². The molecule has 4 aliphatic rings. The van der Waals surface area contributed by atoms with Crippen LogP contribution in [0, 0.1) is 11.3 Å². The van der Waals surface area contributed by atoms with E-state index in [0.717, 1.165) is 0 Å². The molecule has 4 fully saturated rings. The van der Waals surface area contributed by atoms with Crippen LogP contribution in [0.5, 0.6) is 0 Å². The third-order valence-corrected chi connectivity index (χ3v) is 7.94. The molecule has 12 heteroatoms. The smallest absolute Gasteiger partial charge is 0.450 e. The molecule has 1 N–H and O–H groups in total. The Balaban J connectivity index is 1.67. The number of fused-ring (bicyclic) bond motifs is 2. The number of carbonyl (C=O) groups excluding carboxylic acids is 1. The van der Waals surface area contributed by atoms with Gasteiger partial charge in [0.2, 0.25) is 0 Å². The standard InChI is InChI=1S/C10H10F2O8S2/c11-10(12,22(16,17)18)7(13)19-9-3-4-1-5-8(9,2-4)6(9)20-21(5,14)15/h4-6H,1-3H2,(H,16,17,18). The van der Waals surface area contributed by atoms with E-state index in [-0.39, 0.29) is 12.3 Å². The molecule has 0 aromatic rings. The van der Waals surface area contributed by atoms with Crippen LogP contribution in [0.1, 0.15) is 19.3 Å². The van der Waals surface area contributed by atoms with Gasteiger partial charge in [0, 0.05) is 0 Å². The summed E-state index contributed by atoms with van der Waals surface area (Å²) in [5.74, 6) is -2.52. The van der Waals surface area contributed by atoms with Gasteiger partial charge in [0.25, 0.3) is 10.1 Å². The Morgan fingerprint density at radius 1 is 1.36 bits per heavy atom. The number of halogens is 2. The molecule has 3 aliphatic carbocycles. The minimum absolute atomic E-state index is 0.105. The Hall–Kier alpha value is -0.850. The Morgan fingerprint density at radius 3 is 2.59 bits per heavy atom. The second kappa shape index (κ2) is 3.47. The molecule has 4 rings (SSSR count). The van der Waals surface area contributed by atoms with Crippen LogP contribution in [0.15, 0.2) is 0 Å². The highest BCUT2D eigenvalue weighted by Gasteiger charge is 2.95. The summed E-state index contributed by atoms with van der Waals surface area (Å²) in [4.78, 5) is 11.5. The molecular formula is C10H10F2O8S2. The molecule has 2 bridgehead atoms. The molecule has 22 heavy (non-hydrogen) atoms. The monoisotopic (exact) mass is 360 g/mol. The second-order valence-electron chi connectivity index (χ2n) is 6.28. The average Bonchev–Trinajstić information content (AvgIpc) is 2.73. The Morgan fingerprint density at radius 2 is 2.00 bits per heavy atom. The van der Waals surface area contributed by atoms with Crippen LogP contribution in [0.2, 0.25) is 0 Å². The lowest BCUT2D eigenvalue weighted by atomic mass is 9.97. The lowest BCUT2D eigenvalue weighted by molar-refractivity contribution is -0.173. The molecule has 1 aliphatic heterocycles. The molecule has 124 valence electrons. The third kappa shape index (κ3) is 1.32. The number of alkyl halides is 2. The first-order chi connectivity index (χ1) is 9.88. The lowest BCUT2D eigenvalue weighted by Gasteiger charge is -2.29. The van der Waals surface area contributed by atoms with Gasteiger partial charge < -0.3 is 4.74 Å². The molecule has 5 atom stereocenters. The van der Waals surface area contributed by atoms with Crippen molar-refractivity contribution >= 4 is 26.2 Å². The summed E-state index contributed by atoms with van der Waals surface area (Å²) in [6, 6.07) is 0. The van der Waals surface area contributed by atoms with Crippen LogP contribution in [-0.4, -0.2) is 49.6 Å². The number of hydrogen-bond acceptors (Lipinski definition) is 7. The second-order valence-corrected chi connectivity index (χ2v) is 9.49. The molecule has 3 saturated carbocycles. The van der Waals surface area contributed by atoms with Gasteiger partial charge in [-0.3, -0.25) is 8.74 Å². The molecule has 0 radical (unpaired) electrons. The normalized spacial score (nSPS) is 47.3. The maximum absolute atomic E-state index is 13.3. The topological polar surface area (TPSA) is 124 Å². The summed E-state index contributed by atoms with van der Waals surface area (Å²) < 4.78 is 89.4. The average molecular weight is 360 g/mol. The Labute approximate surface area is 123 Å². The maximum Gasteiger partial charge on any atom is 0.465 e. The zero-order valence-corrected chi connectivity index (χ0v) is 12.4. The minimum Gasteiger partial charge on any atom is -0.450 e. The lowest BCUT2D eigenvalue weighted by Crippen LogP contribution is -2.45. The van der Waals surface area contributed by atoms with E-state index in [0.29, 0.717) is 12.8 Å². The summed E-state index contributed by atoms with van der Waals surface area (Å²) in [7, 11) is -9.79. The van der Waals surface area contributed by atoms with Gasteiger partial charge in [-0.25, -0.2) is 4.79 Å². The van der Waals surface area contributed by atoms with Crippen LogP contribution < -0.4 is 0 Å². The van der Waals surface area contributed by atoms with Gasteiger partial charge in [-0.2, -0.15) is 25.6 Å². The van der Waals surface area contributed by atoms with E-state index < -0.39 is 53.8 Å². The molecule has 1 spiro atoms. The zero-order valence-electron chi connectivity index (χ0n) is 10.7. The largest absolute Gasteiger partial charge is 0.465 e. The highest BCUT2D eigenvalue weighted by Crippen LogP contribution is 2.82. The fourth-order valence-corrected chi connectivity index (χ4v) is 7.05. The van der Waals surface area contributed by atoms with Crippen LogP contribution in [0.25, 0.3) is 0 Å². The van der Waals surface area contributed by atoms with E-state index in [4.69, 9.17) is 13.5 Å². The van der Waals surface area contributed by atoms with Crippen molar-refractivity contribution in [2.45, 2.75) is 41.5 Å². The predicted molar refractivity (Wildman–Crippen MR) is 62.7 cm³/mol. The summed E-state index contributed by atoms with van der Waals surface area (Å²) >= 11 is 0. The van der Waals surface area contributed by atoms with Gasteiger partial charge in [0.1, 0.15) is 6.10 Å². The number of carbonyl (C=O) groups is 1. The SMILES string of the molecule is O=C(OC12CC3CC4C1(C3)C2OS4(=O)=O)C(F)(F)S(=O)(=O)O. The molecule has 1 saturated heterocycles. The van der Waals surface area contributed by atoms with Crippen LogP contribution in [0.3, 0.4) is 0 Å². The third-order valence-electron chi connectivity index (χ3n) is 5.35.